The summed E-state index contributed by atoms with van der Waals surface area (Å²) in [5.74, 6) is -1.01. The van der Waals surface area contributed by atoms with E-state index in [-0.39, 0.29) is 17.9 Å². The van der Waals surface area contributed by atoms with Crippen molar-refractivity contribution in [2.45, 2.75) is 19.4 Å². The summed E-state index contributed by atoms with van der Waals surface area (Å²) >= 11 is 0. The highest BCUT2D eigenvalue weighted by molar-refractivity contribution is 5.82. The van der Waals surface area contributed by atoms with Crippen LogP contribution in [-0.4, -0.2) is 61.3 Å². The maximum atomic E-state index is 12.3. The predicted molar refractivity (Wildman–Crippen MR) is 64.1 cm³/mol. The number of hydrogen-bond donors (Lipinski definition) is 2. The van der Waals surface area contributed by atoms with Gasteiger partial charge in [-0.15, -0.1) is 0 Å². The molecule has 2 heterocycles. The summed E-state index contributed by atoms with van der Waals surface area (Å²) in [6, 6.07) is 0.0363. The summed E-state index contributed by atoms with van der Waals surface area (Å²) in [6.45, 7) is 3.48. The molecule has 6 nitrogen and oxygen atoms in total. The number of likely N-dealkylation sites (tertiary alicyclic amines) is 1. The number of carbonyl (C=O) groups excluding carboxylic acids is 1. The van der Waals surface area contributed by atoms with Gasteiger partial charge in [-0.1, -0.05) is 0 Å². The van der Waals surface area contributed by atoms with Gasteiger partial charge in [0.05, 0.1) is 24.5 Å². The van der Waals surface area contributed by atoms with Crippen LogP contribution in [0.15, 0.2) is 0 Å². The van der Waals surface area contributed by atoms with Gasteiger partial charge in [0.2, 0.25) is 5.91 Å². The summed E-state index contributed by atoms with van der Waals surface area (Å²) in [4.78, 5) is 25.2. The van der Waals surface area contributed by atoms with Gasteiger partial charge in [-0.3, -0.25) is 9.59 Å². The van der Waals surface area contributed by atoms with Gasteiger partial charge in [0.15, 0.2) is 0 Å². The van der Waals surface area contributed by atoms with Crippen molar-refractivity contribution in [2.75, 3.05) is 33.4 Å². The maximum absolute atomic E-state index is 12.3. The van der Waals surface area contributed by atoms with Crippen LogP contribution in [-0.2, 0) is 14.3 Å². The molecule has 1 amide bonds. The topological polar surface area (TPSA) is 78.9 Å². The molecule has 0 aliphatic carbocycles. The van der Waals surface area contributed by atoms with E-state index >= 15 is 0 Å². The highest BCUT2D eigenvalue weighted by Gasteiger charge is 2.45. The summed E-state index contributed by atoms with van der Waals surface area (Å²) < 4.78 is 5.31. The molecule has 2 rings (SSSR count). The molecule has 0 aromatic heterocycles. The number of amides is 1. The highest BCUT2D eigenvalue weighted by Crippen LogP contribution is 2.31. The summed E-state index contributed by atoms with van der Waals surface area (Å²) in [5, 5.41) is 12.2. The molecular formula is C12H20N2O4. The van der Waals surface area contributed by atoms with E-state index in [4.69, 9.17) is 9.84 Å². The van der Waals surface area contributed by atoms with E-state index in [0.29, 0.717) is 32.7 Å². The van der Waals surface area contributed by atoms with E-state index in [1.165, 1.54) is 0 Å². The minimum absolute atomic E-state index is 0.0109. The number of carboxylic acids is 1. The van der Waals surface area contributed by atoms with E-state index in [1.807, 2.05) is 7.05 Å². The number of carbonyl (C=O) groups is 2. The number of carboxylic acid groups (broad SMARTS) is 1. The number of ether oxygens (including phenoxy) is 1. The van der Waals surface area contributed by atoms with Crippen LogP contribution < -0.4 is 5.32 Å². The van der Waals surface area contributed by atoms with E-state index < -0.39 is 11.4 Å². The van der Waals surface area contributed by atoms with Gasteiger partial charge >= 0.3 is 5.97 Å². The number of nitrogens with one attached hydrogen (secondary N) is 1. The second-order valence-corrected chi connectivity index (χ2v) is 5.41. The Hall–Kier alpha value is -1.14. The lowest BCUT2D eigenvalue weighted by molar-refractivity contribution is -0.147. The van der Waals surface area contributed by atoms with Crippen molar-refractivity contribution in [2.24, 2.45) is 11.3 Å². The fraction of sp³-hybridized carbons (Fsp3) is 0.833. The smallest absolute Gasteiger partial charge is 0.311 e. The first kappa shape index (κ1) is 13.3. The van der Waals surface area contributed by atoms with Gasteiger partial charge in [-0.05, 0) is 20.4 Å². The lowest BCUT2D eigenvalue weighted by atomic mass is 9.90. The molecular weight excluding hydrogens is 236 g/mol. The van der Waals surface area contributed by atoms with Crippen LogP contribution in [0.2, 0.25) is 0 Å². The maximum Gasteiger partial charge on any atom is 0.311 e. The molecule has 3 unspecified atom stereocenters. The minimum Gasteiger partial charge on any atom is -0.481 e. The van der Waals surface area contributed by atoms with E-state index in [9.17, 15) is 9.59 Å². The van der Waals surface area contributed by atoms with Crippen molar-refractivity contribution >= 4 is 11.9 Å². The lowest BCUT2D eigenvalue weighted by Gasteiger charge is -2.24. The first-order valence-corrected chi connectivity index (χ1v) is 6.25. The van der Waals surface area contributed by atoms with Crippen molar-refractivity contribution in [3.8, 4) is 0 Å². The van der Waals surface area contributed by atoms with Crippen molar-refractivity contribution in [1.82, 2.24) is 10.2 Å². The van der Waals surface area contributed by atoms with Crippen LogP contribution in [0, 0.1) is 11.3 Å². The Morgan fingerprint density at radius 1 is 1.44 bits per heavy atom. The quantitative estimate of drug-likeness (QED) is 0.714. The Bertz CT molecular complexity index is 360. The zero-order valence-electron chi connectivity index (χ0n) is 10.8. The van der Waals surface area contributed by atoms with Gasteiger partial charge < -0.3 is 20.1 Å². The molecule has 0 bridgehead atoms. The SMILES string of the molecule is CNC1COCC1C(=O)N1CCC(C)(C(=O)O)C1. The third kappa shape index (κ3) is 2.22. The van der Waals surface area contributed by atoms with Crippen LogP contribution in [0.4, 0.5) is 0 Å². The van der Waals surface area contributed by atoms with E-state index in [2.05, 4.69) is 5.32 Å². The van der Waals surface area contributed by atoms with Gasteiger partial charge in [-0.2, -0.15) is 0 Å². The summed E-state index contributed by atoms with van der Waals surface area (Å²) in [7, 11) is 1.81. The van der Waals surface area contributed by atoms with Crippen LogP contribution in [0.1, 0.15) is 13.3 Å². The fourth-order valence-corrected chi connectivity index (χ4v) is 2.64. The Morgan fingerprint density at radius 2 is 2.17 bits per heavy atom. The van der Waals surface area contributed by atoms with Gasteiger partial charge in [0, 0.05) is 19.1 Å². The molecule has 0 aromatic rings. The number of hydrogen-bond acceptors (Lipinski definition) is 4. The third-order valence-corrected chi connectivity index (χ3v) is 4.07. The molecule has 0 aromatic carbocycles. The van der Waals surface area contributed by atoms with Gasteiger partial charge in [-0.25, -0.2) is 0 Å². The third-order valence-electron chi connectivity index (χ3n) is 4.07. The minimum atomic E-state index is -0.828. The number of aliphatic carboxylic acids is 1. The molecule has 0 spiro atoms. The van der Waals surface area contributed by atoms with Crippen molar-refractivity contribution < 1.29 is 19.4 Å². The zero-order valence-corrected chi connectivity index (χ0v) is 10.8. The average Bonchev–Trinajstić information content (AvgIpc) is 2.94. The molecule has 2 aliphatic rings. The Morgan fingerprint density at radius 3 is 2.72 bits per heavy atom. The molecule has 2 N–H and O–H groups in total. The highest BCUT2D eigenvalue weighted by atomic mass is 16.5. The molecule has 3 atom stereocenters. The molecule has 0 radical (unpaired) electrons. The van der Waals surface area contributed by atoms with E-state index in [0.717, 1.165) is 0 Å². The van der Waals surface area contributed by atoms with Crippen LogP contribution in [0.25, 0.3) is 0 Å². The number of rotatable bonds is 3. The second-order valence-electron chi connectivity index (χ2n) is 5.41. The van der Waals surface area contributed by atoms with Crippen LogP contribution >= 0.6 is 0 Å². The Balaban J connectivity index is 2.01. The Kier molecular flexibility index (Phi) is 3.59. The lowest BCUT2D eigenvalue weighted by Crippen LogP contribution is -2.45. The van der Waals surface area contributed by atoms with Crippen molar-refractivity contribution in [1.29, 1.82) is 0 Å². The van der Waals surface area contributed by atoms with Crippen LogP contribution in [0.3, 0.4) is 0 Å². The zero-order chi connectivity index (χ0) is 13.3. The normalized spacial score (nSPS) is 36.0. The van der Waals surface area contributed by atoms with Gasteiger partial charge in [0.1, 0.15) is 0 Å². The van der Waals surface area contributed by atoms with Crippen LogP contribution in [0.5, 0.6) is 0 Å². The predicted octanol–water partition coefficient (Wildman–Crippen LogP) is -0.456. The van der Waals surface area contributed by atoms with Gasteiger partial charge in [0.25, 0.3) is 0 Å². The fourth-order valence-electron chi connectivity index (χ4n) is 2.64. The first-order valence-electron chi connectivity index (χ1n) is 6.25. The second kappa shape index (κ2) is 4.85. The largest absolute Gasteiger partial charge is 0.481 e. The molecule has 18 heavy (non-hydrogen) atoms. The van der Waals surface area contributed by atoms with E-state index in [1.54, 1.807) is 11.8 Å². The average molecular weight is 256 g/mol. The molecule has 0 saturated carbocycles. The summed E-state index contributed by atoms with van der Waals surface area (Å²) in [5.41, 5.74) is -0.801. The number of likely N-dealkylation sites (N-methyl/N-ethyl adjacent to an activating group) is 1. The molecule has 2 saturated heterocycles. The molecule has 2 aliphatic heterocycles. The monoisotopic (exact) mass is 256 g/mol. The van der Waals surface area contributed by atoms with Crippen molar-refractivity contribution in [3.63, 3.8) is 0 Å². The first-order chi connectivity index (χ1) is 8.48. The number of nitrogens with zero attached hydrogens (tertiary/aromatic N) is 1. The van der Waals surface area contributed by atoms with Crippen molar-refractivity contribution in [3.05, 3.63) is 0 Å². The summed E-state index contributed by atoms with van der Waals surface area (Å²) in [6.07, 6.45) is 0.520. The molecule has 2 fully saturated rings. The molecule has 6 heteroatoms. The molecule has 102 valence electrons. The standard InChI is InChI=1S/C12H20N2O4/c1-12(11(16)17)3-4-14(7-12)10(15)8-5-18-6-9(8)13-2/h8-9,13H,3-7H2,1-2H3,(H,16,17). The Labute approximate surface area is 106 Å².